The van der Waals surface area contributed by atoms with Gasteiger partial charge in [-0.2, -0.15) is 0 Å². The van der Waals surface area contributed by atoms with Crippen molar-refractivity contribution in [3.63, 3.8) is 0 Å². The molecule has 1 N–H and O–H groups in total. The van der Waals surface area contributed by atoms with Crippen LogP contribution in [-0.2, 0) is 0 Å². The summed E-state index contributed by atoms with van der Waals surface area (Å²) in [6.07, 6.45) is 2.78. The van der Waals surface area contributed by atoms with Gasteiger partial charge in [0.2, 0.25) is 0 Å². The minimum atomic E-state index is 0.976. The standard InChI is InChI=1S/C3H7AsO/c4-2-1-3-5/h1,3,5H,2,4H2. The van der Waals surface area contributed by atoms with Gasteiger partial charge in [-0.15, -0.1) is 0 Å². The van der Waals surface area contributed by atoms with Crippen molar-refractivity contribution in [2.75, 3.05) is 0 Å². The van der Waals surface area contributed by atoms with Crippen molar-refractivity contribution in [3.8, 4) is 0 Å². The molecule has 0 aromatic carbocycles. The van der Waals surface area contributed by atoms with E-state index in [2.05, 4.69) is 0 Å². The maximum atomic E-state index is 7.90. The first-order valence-corrected chi connectivity index (χ1v) is 3.12. The number of aliphatic hydroxyl groups is 1. The van der Waals surface area contributed by atoms with Crippen LogP contribution in [0.25, 0.3) is 0 Å². The molecule has 0 aromatic heterocycles. The van der Waals surface area contributed by atoms with E-state index in [9.17, 15) is 0 Å². The van der Waals surface area contributed by atoms with E-state index in [-0.39, 0.29) is 0 Å². The van der Waals surface area contributed by atoms with Gasteiger partial charge in [-0.1, -0.05) is 0 Å². The van der Waals surface area contributed by atoms with E-state index in [1.807, 2.05) is 0 Å². The Morgan fingerprint density at radius 1 is 1.80 bits per heavy atom. The fourth-order valence-electron chi connectivity index (χ4n) is 0.0609. The Kier molecular flexibility index (Phi) is 4.18. The molecule has 1 unspecified atom stereocenters. The van der Waals surface area contributed by atoms with E-state index >= 15 is 0 Å². The fourth-order valence-corrected chi connectivity index (χ4v) is 0.316. The first kappa shape index (κ1) is 5.10. The zero-order valence-corrected chi connectivity index (χ0v) is 5.31. The van der Waals surface area contributed by atoms with Crippen molar-refractivity contribution >= 4 is 16.9 Å². The Hall–Kier alpha value is 0.0984. The van der Waals surface area contributed by atoms with E-state index in [4.69, 9.17) is 5.11 Å². The van der Waals surface area contributed by atoms with Gasteiger partial charge in [-0.3, -0.25) is 0 Å². The van der Waals surface area contributed by atoms with Crippen LogP contribution in [0.1, 0.15) is 0 Å². The van der Waals surface area contributed by atoms with Gasteiger partial charge in [0.1, 0.15) is 0 Å². The van der Waals surface area contributed by atoms with Gasteiger partial charge in [0.25, 0.3) is 0 Å². The van der Waals surface area contributed by atoms with Crippen LogP contribution in [0.5, 0.6) is 0 Å². The number of aliphatic hydroxyl groups excluding tert-OH is 1. The molecule has 0 heterocycles. The van der Waals surface area contributed by atoms with Gasteiger partial charge >= 0.3 is 39.5 Å². The third-order valence-electron chi connectivity index (χ3n) is 0.241. The molecule has 0 aliphatic heterocycles. The van der Waals surface area contributed by atoms with Crippen LogP contribution >= 0.6 is 0 Å². The Morgan fingerprint density at radius 3 is 2.40 bits per heavy atom. The molecule has 0 aromatic rings. The first-order chi connectivity index (χ1) is 2.41. The predicted molar refractivity (Wildman–Crippen MR) is 25.1 cm³/mol. The van der Waals surface area contributed by atoms with Crippen molar-refractivity contribution in [2.45, 2.75) is 5.21 Å². The van der Waals surface area contributed by atoms with Gasteiger partial charge in [0.05, 0.1) is 0 Å². The molecule has 0 rings (SSSR count). The average molecular weight is 134 g/mol. The van der Waals surface area contributed by atoms with Crippen LogP contribution < -0.4 is 0 Å². The SMILES string of the molecule is OC=CC[AsH2]. The molecule has 0 aliphatic rings. The molecule has 0 amide bonds. The van der Waals surface area contributed by atoms with Crippen LogP contribution in [-0.4, -0.2) is 22.0 Å². The van der Waals surface area contributed by atoms with Crippen molar-refractivity contribution in [3.05, 3.63) is 12.3 Å². The molecule has 0 saturated carbocycles. The molecule has 0 aliphatic carbocycles. The second-order valence-electron chi connectivity index (χ2n) is 0.620. The van der Waals surface area contributed by atoms with E-state index in [1.54, 1.807) is 22.9 Å². The molecule has 30 valence electrons. The minimum absolute atomic E-state index is 0.976. The van der Waals surface area contributed by atoms with Crippen molar-refractivity contribution in [1.82, 2.24) is 0 Å². The molecule has 0 saturated heterocycles. The summed E-state index contributed by atoms with van der Waals surface area (Å²) < 4.78 is 0. The van der Waals surface area contributed by atoms with Gasteiger partial charge in [0, 0.05) is 0 Å². The summed E-state index contributed by atoms with van der Waals surface area (Å²) in [5, 5.41) is 8.87. The molecule has 2 heteroatoms. The van der Waals surface area contributed by atoms with Crippen molar-refractivity contribution in [2.24, 2.45) is 0 Å². The summed E-state index contributed by atoms with van der Waals surface area (Å²) in [5.41, 5.74) is 0. The van der Waals surface area contributed by atoms with E-state index in [0.717, 1.165) is 11.5 Å². The fraction of sp³-hybridized carbons (Fsp3) is 0.333. The summed E-state index contributed by atoms with van der Waals surface area (Å²) in [6.45, 7) is 0. The third-order valence-corrected chi connectivity index (χ3v) is 0.813. The predicted octanol–water partition coefficient (Wildman–Crippen LogP) is 0.109. The Labute approximate surface area is 40.2 Å². The van der Waals surface area contributed by atoms with Crippen molar-refractivity contribution < 1.29 is 5.11 Å². The van der Waals surface area contributed by atoms with Gasteiger partial charge < -0.3 is 0 Å². The first-order valence-electron chi connectivity index (χ1n) is 1.41. The van der Waals surface area contributed by atoms with Crippen LogP contribution in [0.4, 0.5) is 0 Å². The van der Waals surface area contributed by atoms with Gasteiger partial charge in [0.15, 0.2) is 0 Å². The van der Waals surface area contributed by atoms with Crippen LogP contribution in [0.3, 0.4) is 0 Å². The molecule has 0 fully saturated rings. The van der Waals surface area contributed by atoms with E-state index in [1.165, 1.54) is 0 Å². The molecule has 5 heavy (non-hydrogen) atoms. The number of allylic oxidation sites excluding steroid dienone is 1. The normalized spacial score (nSPS) is 9.80. The second-order valence-corrected chi connectivity index (χ2v) is 1.61. The summed E-state index contributed by atoms with van der Waals surface area (Å²) in [7, 11) is 0. The zero-order chi connectivity index (χ0) is 4.12. The number of hydrogen-bond donors (Lipinski definition) is 1. The Balaban J connectivity index is 2.62. The zero-order valence-electron chi connectivity index (χ0n) is 2.89. The molecule has 0 radical (unpaired) electrons. The van der Waals surface area contributed by atoms with Crippen LogP contribution in [0, 0.1) is 0 Å². The van der Waals surface area contributed by atoms with Gasteiger partial charge in [-0.25, -0.2) is 0 Å². The Bertz CT molecular complexity index is 33.9. The third kappa shape index (κ3) is 4.10. The summed E-state index contributed by atoms with van der Waals surface area (Å²) in [5.74, 6) is 0. The van der Waals surface area contributed by atoms with Crippen LogP contribution in [0.15, 0.2) is 12.3 Å². The summed E-state index contributed by atoms with van der Waals surface area (Å²) in [6, 6.07) is 0. The molecular weight excluding hydrogens is 127 g/mol. The average Bonchev–Trinajstić information content (AvgIpc) is 1.41. The molecule has 1 atom stereocenters. The quantitative estimate of drug-likeness (QED) is 0.398. The number of hydrogen-bond acceptors (Lipinski definition) is 1. The molecular formula is C3H7AsO. The van der Waals surface area contributed by atoms with Crippen LogP contribution in [0.2, 0.25) is 5.21 Å². The number of rotatable bonds is 1. The topological polar surface area (TPSA) is 20.2 Å². The summed E-state index contributed by atoms with van der Waals surface area (Å²) >= 11 is 1.60. The monoisotopic (exact) mass is 134 g/mol. The second kappa shape index (κ2) is 4.10. The molecule has 1 nitrogen and oxygen atoms in total. The summed E-state index contributed by atoms with van der Waals surface area (Å²) in [4.78, 5) is 0. The van der Waals surface area contributed by atoms with E-state index in [0.29, 0.717) is 0 Å². The Morgan fingerprint density at radius 2 is 2.40 bits per heavy atom. The van der Waals surface area contributed by atoms with Gasteiger partial charge in [-0.05, 0) is 0 Å². The molecule has 0 spiro atoms. The molecule has 0 bridgehead atoms. The van der Waals surface area contributed by atoms with Crippen molar-refractivity contribution in [1.29, 1.82) is 0 Å². The van der Waals surface area contributed by atoms with E-state index < -0.39 is 0 Å². The maximum absolute atomic E-state index is 7.90.